The monoisotopic (exact) mass is 546 g/mol. The number of ether oxygens (including phenoxy) is 1. The summed E-state index contributed by atoms with van der Waals surface area (Å²) in [5, 5.41) is 15.6. The highest BCUT2D eigenvalue weighted by molar-refractivity contribution is 7.87. The maximum Gasteiger partial charge on any atom is 0.490 e. The van der Waals surface area contributed by atoms with E-state index in [9.17, 15) is 22.2 Å². The number of hydrogen-bond acceptors (Lipinski definition) is 9. The first-order chi connectivity index (χ1) is 17.1. The van der Waals surface area contributed by atoms with Gasteiger partial charge in [0, 0.05) is 18.3 Å². The number of carbonyl (C=O) groups is 1. The summed E-state index contributed by atoms with van der Waals surface area (Å²) in [7, 11) is -3.34. The van der Waals surface area contributed by atoms with Crippen molar-refractivity contribution in [3.05, 3.63) is 22.7 Å². The Kier molecular flexibility index (Phi) is 9.77. The normalized spacial score (nSPS) is 16.7. The Morgan fingerprint density at radius 1 is 1.25 bits per heavy atom. The molecule has 0 saturated carbocycles. The third-order valence-electron chi connectivity index (χ3n) is 5.55. The molecule has 1 N–H and O–H groups in total. The van der Waals surface area contributed by atoms with Crippen molar-refractivity contribution in [2.24, 2.45) is 10.2 Å². The zero-order valence-corrected chi connectivity index (χ0v) is 21.9. The number of anilines is 2. The smallest absolute Gasteiger partial charge is 0.460 e. The summed E-state index contributed by atoms with van der Waals surface area (Å²) in [6, 6.07) is 3.43. The van der Waals surface area contributed by atoms with E-state index in [4.69, 9.17) is 4.74 Å². The summed E-state index contributed by atoms with van der Waals surface area (Å²) in [4.78, 5) is 14.1. The molecule has 0 fully saturated rings. The lowest BCUT2D eigenvalue weighted by molar-refractivity contribution is -0.0379. The van der Waals surface area contributed by atoms with Gasteiger partial charge in [0.25, 0.3) is 5.13 Å². The minimum atomic E-state index is -4.95. The number of fused-ring (bicyclic) bond motifs is 1. The number of aromatic nitrogens is 2. The molecule has 1 aliphatic heterocycles. The molecule has 0 bridgehead atoms. The predicted molar refractivity (Wildman–Crippen MR) is 134 cm³/mol. The number of aryl methyl sites for hydroxylation is 1. The molecule has 1 aromatic heterocycles. The number of nitrogens with zero attached hydrogens (tertiary/aromatic N) is 5. The number of nitrogens with one attached hydrogen (secondary N) is 1. The lowest BCUT2D eigenvalue weighted by atomic mass is 9.95. The Morgan fingerprint density at radius 2 is 2.03 bits per heavy atom. The average Bonchev–Trinajstić information content (AvgIpc) is 3.31. The van der Waals surface area contributed by atoms with Crippen molar-refractivity contribution in [2.45, 2.75) is 70.8 Å². The summed E-state index contributed by atoms with van der Waals surface area (Å²) in [5.41, 5.74) is -3.22. The largest absolute Gasteiger partial charge is 0.490 e. The van der Waals surface area contributed by atoms with E-state index in [0.717, 1.165) is 61.2 Å². The summed E-state index contributed by atoms with van der Waals surface area (Å²) >= 11 is 0.850. The van der Waals surface area contributed by atoms with Crippen LogP contribution in [0.4, 0.5) is 35.4 Å². The Morgan fingerprint density at radius 3 is 2.72 bits per heavy atom. The van der Waals surface area contributed by atoms with Gasteiger partial charge in [-0.3, -0.25) is 4.72 Å². The van der Waals surface area contributed by atoms with Crippen molar-refractivity contribution in [3.63, 3.8) is 0 Å². The highest BCUT2D eigenvalue weighted by Gasteiger charge is 2.38. The molecule has 0 aliphatic carbocycles. The van der Waals surface area contributed by atoms with Gasteiger partial charge in [-0.2, -0.15) is 13.2 Å². The van der Waals surface area contributed by atoms with Crippen LogP contribution in [-0.2, 0) is 22.1 Å². The van der Waals surface area contributed by atoms with Crippen LogP contribution in [0.3, 0.4) is 0 Å². The Balaban J connectivity index is 1.93. The third kappa shape index (κ3) is 7.21. The molecular formula is C22H29F3N6O3S2. The van der Waals surface area contributed by atoms with Crippen LogP contribution in [0.1, 0.15) is 68.2 Å². The van der Waals surface area contributed by atoms with Crippen molar-refractivity contribution in [1.82, 2.24) is 10.2 Å². The quantitative estimate of drug-likeness (QED) is 0.197. The second-order valence-corrected chi connectivity index (χ2v) is 10.5. The maximum atomic E-state index is 13.1. The highest BCUT2D eigenvalue weighted by Crippen LogP contribution is 2.40. The molecule has 14 heteroatoms. The van der Waals surface area contributed by atoms with Gasteiger partial charge in [0.05, 0.1) is 12.3 Å². The molecule has 36 heavy (non-hydrogen) atoms. The van der Waals surface area contributed by atoms with E-state index in [1.807, 2.05) is 11.6 Å². The van der Waals surface area contributed by atoms with Gasteiger partial charge in [0.15, 0.2) is 0 Å². The lowest BCUT2D eigenvalue weighted by Crippen LogP contribution is -2.38. The van der Waals surface area contributed by atoms with E-state index in [2.05, 4.69) is 39.2 Å². The summed E-state index contributed by atoms with van der Waals surface area (Å²) < 4.78 is 58.2. The summed E-state index contributed by atoms with van der Waals surface area (Å²) in [6.45, 7) is 7.06. The molecule has 2 heterocycles. The SMILES string of the molecule is CCCCCN1c2cc(NS(=O)C(F)(F)F)c(N=Nc3nnc(C(=O)OCCC)s3)cc2CCC1C. The van der Waals surface area contributed by atoms with Crippen LogP contribution < -0.4 is 9.62 Å². The van der Waals surface area contributed by atoms with Gasteiger partial charge in [-0.15, -0.1) is 20.4 Å². The highest BCUT2D eigenvalue weighted by atomic mass is 32.2. The molecule has 2 unspecified atom stereocenters. The summed E-state index contributed by atoms with van der Waals surface area (Å²) in [6.07, 6.45) is 5.31. The van der Waals surface area contributed by atoms with Crippen LogP contribution in [0.5, 0.6) is 0 Å². The molecule has 198 valence electrons. The van der Waals surface area contributed by atoms with Crippen molar-refractivity contribution in [3.8, 4) is 0 Å². The number of unbranched alkanes of at least 4 members (excludes halogenated alkanes) is 2. The number of alkyl halides is 3. The molecule has 0 amide bonds. The molecule has 1 aliphatic rings. The first-order valence-corrected chi connectivity index (χ1v) is 13.7. The number of rotatable bonds is 11. The van der Waals surface area contributed by atoms with Gasteiger partial charge < -0.3 is 9.64 Å². The van der Waals surface area contributed by atoms with Gasteiger partial charge in [0.1, 0.15) is 5.69 Å². The van der Waals surface area contributed by atoms with Gasteiger partial charge in [-0.1, -0.05) is 38.0 Å². The molecule has 2 aromatic rings. The van der Waals surface area contributed by atoms with Crippen molar-refractivity contribution in [2.75, 3.05) is 22.8 Å². The molecule has 1 aromatic carbocycles. The Hall–Kier alpha value is -2.61. The van der Waals surface area contributed by atoms with Crippen molar-refractivity contribution < 1.29 is 26.9 Å². The number of esters is 1. The minimum Gasteiger partial charge on any atom is -0.460 e. The van der Waals surface area contributed by atoms with Crippen LogP contribution in [0.25, 0.3) is 0 Å². The number of benzene rings is 1. The number of carbonyl (C=O) groups excluding carboxylic acids is 1. The molecule has 0 spiro atoms. The Labute approximate surface area is 214 Å². The third-order valence-corrected chi connectivity index (χ3v) is 7.17. The summed E-state index contributed by atoms with van der Waals surface area (Å²) in [5.74, 6) is -0.634. The predicted octanol–water partition coefficient (Wildman–Crippen LogP) is 6.45. The molecule has 0 radical (unpaired) electrons. The number of hydrogen-bond donors (Lipinski definition) is 1. The number of halogens is 3. The van der Waals surface area contributed by atoms with E-state index in [1.165, 1.54) is 0 Å². The van der Waals surface area contributed by atoms with Gasteiger partial charge in [0.2, 0.25) is 16.0 Å². The van der Waals surface area contributed by atoms with E-state index in [0.29, 0.717) is 6.42 Å². The van der Waals surface area contributed by atoms with Gasteiger partial charge >= 0.3 is 11.5 Å². The molecule has 0 saturated heterocycles. The zero-order valence-electron chi connectivity index (χ0n) is 20.3. The molecule has 3 rings (SSSR count). The van der Waals surface area contributed by atoms with E-state index in [1.54, 1.807) is 12.1 Å². The van der Waals surface area contributed by atoms with Crippen LogP contribution in [-0.4, -0.2) is 45.1 Å². The molecular weight excluding hydrogens is 517 g/mol. The second kappa shape index (κ2) is 12.6. The van der Waals surface area contributed by atoms with Crippen LogP contribution in [0.15, 0.2) is 22.4 Å². The van der Waals surface area contributed by atoms with E-state index < -0.39 is 22.5 Å². The van der Waals surface area contributed by atoms with Crippen molar-refractivity contribution >= 4 is 50.5 Å². The van der Waals surface area contributed by atoms with E-state index >= 15 is 0 Å². The van der Waals surface area contributed by atoms with Crippen LogP contribution in [0.2, 0.25) is 0 Å². The maximum absolute atomic E-state index is 13.1. The number of azo groups is 1. The topological polar surface area (TPSA) is 109 Å². The second-order valence-electron chi connectivity index (χ2n) is 8.33. The first kappa shape index (κ1) is 28.0. The lowest BCUT2D eigenvalue weighted by Gasteiger charge is -2.37. The van der Waals surface area contributed by atoms with E-state index in [-0.39, 0.29) is 34.2 Å². The molecule has 2 atom stereocenters. The fraction of sp³-hybridized carbons (Fsp3) is 0.591. The van der Waals surface area contributed by atoms with Crippen LogP contribution >= 0.6 is 11.3 Å². The fourth-order valence-corrected chi connectivity index (χ4v) is 4.77. The van der Waals surface area contributed by atoms with Crippen molar-refractivity contribution in [1.29, 1.82) is 0 Å². The van der Waals surface area contributed by atoms with Gasteiger partial charge in [-0.25, -0.2) is 9.00 Å². The van der Waals surface area contributed by atoms with Crippen LogP contribution in [0, 0.1) is 0 Å². The zero-order chi connectivity index (χ0) is 26.3. The minimum absolute atomic E-state index is 0.00364. The standard InChI is InChI=1S/C22H29F3N6O3S2/c1-4-6-7-10-31-14(3)8-9-15-12-16(17(13-18(15)31)30-36(33)22(23,24)25)26-28-21-29-27-19(35-21)20(32)34-11-5-2/h12-14,30H,4-11H2,1-3H3. The Bertz CT molecular complexity index is 1110. The van der Waals surface area contributed by atoms with Gasteiger partial charge in [-0.05, 0) is 50.3 Å². The fourth-order valence-electron chi connectivity index (χ4n) is 3.73. The molecule has 9 nitrogen and oxygen atoms in total. The first-order valence-electron chi connectivity index (χ1n) is 11.7. The average molecular weight is 547 g/mol.